The maximum atomic E-state index is 11.7. The van der Waals surface area contributed by atoms with Crippen LogP contribution < -0.4 is 20.1 Å². The fourth-order valence-electron chi connectivity index (χ4n) is 4.14. The molecule has 0 fully saturated rings. The van der Waals surface area contributed by atoms with Gasteiger partial charge in [-0.2, -0.15) is 0 Å². The Morgan fingerprint density at radius 1 is 0.730 bits per heavy atom. The summed E-state index contributed by atoms with van der Waals surface area (Å²) in [6, 6.07) is 9.54. The van der Waals surface area contributed by atoms with Crippen LogP contribution in [0.5, 0.6) is 0 Å². The summed E-state index contributed by atoms with van der Waals surface area (Å²) in [6.45, 7) is 3.90. The van der Waals surface area contributed by atoms with Gasteiger partial charge in [0.15, 0.2) is 0 Å². The van der Waals surface area contributed by atoms with Crippen molar-refractivity contribution in [2.45, 2.75) is 56.7 Å². The Hall–Kier alpha value is -2.80. The van der Waals surface area contributed by atoms with E-state index in [9.17, 15) is 26.4 Å². The Balaban J connectivity index is 0.000000253. The highest BCUT2D eigenvalue weighted by Gasteiger charge is 2.27. The molecule has 10 nitrogen and oxygen atoms in total. The van der Waals surface area contributed by atoms with Crippen LogP contribution >= 0.6 is 0 Å². The number of sulfonamides is 2. The predicted octanol–water partition coefficient (Wildman–Crippen LogP) is 2.87. The van der Waals surface area contributed by atoms with Crippen molar-refractivity contribution in [2.24, 2.45) is 11.8 Å². The van der Waals surface area contributed by atoms with E-state index in [4.69, 9.17) is 0 Å². The van der Waals surface area contributed by atoms with Gasteiger partial charge in [0.05, 0.1) is 9.79 Å². The molecule has 4 N–H and O–H groups in total. The first-order chi connectivity index (χ1) is 16.9. The number of carbonyl (C=O) groups excluding carboxylic acids is 2. The summed E-state index contributed by atoms with van der Waals surface area (Å²) in [5.74, 6) is -0.140. The van der Waals surface area contributed by atoms with E-state index < -0.39 is 20.0 Å². The largest absolute Gasteiger partial charge is 0.326 e. The SMILES string of the molecule is C.CCC1Cc2cc(S(=O)(=O)NC)ccc2NC1=O.CCC1Cc2cc(S(=O)(=O)NC)ccc2NC1=O. The summed E-state index contributed by atoms with van der Waals surface area (Å²) >= 11 is 0. The molecule has 2 aromatic carbocycles. The molecule has 2 amide bonds. The van der Waals surface area contributed by atoms with Gasteiger partial charge in [-0.05, 0) is 87.3 Å². The molecule has 4 rings (SSSR count). The minimum absolute atomic E-state index is 0. The van der Waals surface area contributed by atoms with Crippen molar-refractivity contribution in [2.75, 3.05) is 24.7 Å². The first kappa shape index (κ1) is 30.4. The lowest BCUT2D eigenvalue weighted by Crippen LogP contribution is -2.29. The van der Waals surface area contributed by atoms with Crippen LogP contribution in [-0.4, -0.2) is 42.7 Å². The number of anilines is 2. The molecular formula is C25H36N4O6S2. The number of hydrogen-bond donors (Lipinski definition) is 4. The van der Waals surface area contributed by atoms with E-state index in [0.717, 1.165) is 24.0 Å². The molecule has 2 heterocycles. The van der Waals surface area contributed by atoms with Crippen LogP contribution in [0.2, 0.25) is 0 Å². The van der Waals surface area contributed by atoms with Crippen molar-refractivity contribution < 1.29 is 26.4 Å². The molecule has 0 aliphatic carbocycles. The third-order valence-corrected chi connectivity index (χ3v) is 9.31. The average molecular weight is 553 g/mol. The topological polar surface area (TPSA) is 151 Å². The van der Waals surface area contributed by atoms with E-state index in [0.29, 0.717) is 24.2 Å². The summed E-state index contributed by atoms with van der Waals surface area (Å²) < 4.78 is 51.4. The lowest BCUT2D eigenvalue weighted by molar-refractivity contribution is -0.121. The molecule has 12 heteroatoms. The van der Waals surface area contributed by atoms with Crippen LogP contribution in [0.15, 0.2) is 46.2 Å². The summed E-state index contributed by atoms with van der Waals surface area (Å²) in [5.41, 5.74) is 3.16. The van der Waals surface area contributed by atoms with Gasteiger partial charge >= 0.3 is 0 Å². The Bertz CT molecular complexity index is 1270. The molecule has 2 atom stereocenters. The van der Waals surface area contributed by atoms with Gasteiger partial charge in [-0.15, -0.1) is 0 Å². The minimum atomic E-state index is -3.43. The molecular weight excluding hydrogens is 516 g/mol. The zero-order valence-corrected chi connectivity index (χ0v) is 22.3. The molecule has 0 spiro atoms. The molecule has 2 aliphatic heterocycles. The van der Waals surface area contributed by atoms with Gasteiger partial charge in [-0.1, -0.05) is 21.3 Å². The molecule has 0 aromatic heterocycles. The second-order valence-corrected chi connectivity index (χ2v) is 12.4. The van der Waals surface area contributed by atoms with Gasteiger partial charge in [-0.3, -0.25) is 9.59 Å². The Morgan fingerprint density at radius 2 is 1.08 bits per heavy atom. The lowest BCUT2D eigenvalue weighted by atomic mass is 9.91. The minimum Gasteiger partial charge on any atom is -0.326 e. The van der Waals surface area contributed by atoms with Crippen LogP contribution in [0.4, 0.5) is 11.4 Å². The van der Waals surface area contributed by atoms with E-state index >= 15 is 0 Å². The van der Waals surface area contributed by atoms with Crippen molar-refractivity contribution in [1.29, 1.82) is 0 Å². The monoisotopic (exact) mass is 552 g/mol. The Labute approximate surface area is 219 Å². The third kappa shape index (κ3) is 6.75. The van der Waals surface area contributed by atoms with Crippen LogP contribution in [0.25, 0.3) is 0 Å². The average Bonchev–Trinajstić information content (AvgIpc) is 2.87. The first-order valence-electron chi connectivity index (χ1n) is 11.7. The molecule has 0 bridgehead atoms. The molecule has 2 unspecified atom stereocenters. The molecule has 0 radical (unpaired) electrons. The normalized spacial score (nSPS) is 18.7. The Morgan fingerprint density at radius 3 is 1.38 bits per heavy atom. The lowest BCUT2D eigenvalue weighted by Gasteiger charge is -2.24. The van der Waals surface area contributed by atoms with Crippen LogP contribution in [0.3, 0.4) is 0 Å². The second kappa shape index (κ2) is 12.2. The zero-order valence-electron chi connectivity index (χ0n) is 20.7. The van der Waals surface area contributed by atoms with Crippen LogP contribution in [0.1, 0.15) is 45.2 Å². The van der Waals surface area contributed by atoms with Gasteiger partial charge in [-0.25, -0.2) is 26.3 Å². The van der Waals surface area contributed by atoms with E-state index in [1.54, 1.807) is 24.3 Å². The summed E-state index contributed by atoms with van der Waals surface area (Å²) in [5, 5.41) is 5.61. The zero-order chi connectivity index (χ0) is 26.7. The van der Waals surface area contributed by atoms with Crippen molar-refractivity contribution in [3.8, 4) is 0 Å². The molecule has 204 valence electrons. The summed E-state index contributed by atoms with van der Waals surface area (Å²) in [4.78, 5) is 23.8. The van der Waals surface area contributed by atoms with E-state index in [1.165, 1.54) is 26.2 Å². The van der Waals surface area contributed by atoms with Gasteiger partial charge < -0.3 is 10.6 Å². The number of fused-ring (bicyclic) bond motifs is 2. The standard InChI is InChI=1S/2C12H16N2O3S.CH4/c2*1-3-8-6-9-7-10(18(16,17)13-2)4-5-11(9)14-12(8)15;/h2*4-5,7-8,13H,3,6H2,1-2H3,(H,14,15);1H4. The van der Waals surface area contributed by atoms with Crippen LogP contribution in [-0.2, 0) is 42.5 Å². The molecule has 2 aromatic rings. The van der Waals surface area contributed by atoms with Gasteiger partial charge in [0.1, 0.15) is 0 Å². The Kier molecular flexibility index (Phi) is 10.0. The molecule has 37 heavy (non-hydrogen) atoms. The third-order valence-electron chi connectivity index (χ3n) is 6.49. The van der Waals surface area contributed by atoms with E-state index in [1.807, 2.05) is 13.8 Å². The van der Waals surface area contributed by atoms with Gasteiger partial charge in [0.25, 0.3) is 0 Å². The smallest absolute Gasteiger partial charge is 0.240 e. The van der Waals surface area contributed by atoms with Crippen LogP contribution in [0, 0.1) is 11.8 Å². The predicted molar refractivity (Wildman–Crippen MR) is 144 cm³/mol. The molecule has 0 saturated carbocycles. The van der Waals surface area contributed by atoms with Gasteiger partial charge in [0, 0.05) is 23.2 Å². The molecule has 0 saturated heterocycles. The molecule has 2 aliphatic rings. The highest BCUT2D eigenvalue weighted by Crippen LogP contribution is 2.30. The second-order valence-electron chi connectivity index (χ2n) is 8.65. The quantitative estimate of drug-likeness (QED) is 0.433. The highest BCUT2D eigenvalue weighted by molar-refractivity contribution is 7.89. The number of amides is 2. The highest BCUT2D eigenvalue weighted by atomic mass is 32.2. The number of nitrogens with one attached hydrogen (secondary N) is 4. The summed E-state index contributed by atoms with van der Waals surface area (Å²) in [7, 11) is -4.10. The fraction of sp³-hybridized carbons (Fsp3) is 0.440. The van der Waals surface area contributed by atoms with E-state index in [2.05, 4.69) is 20.1 Å². The summed E-state index contributed by atoms with van der Waals surface area (Å²) in [6.07, 6.45) is 2.66. The van der Waals surface area contributed by atoms with E-state index in [-0.39, 0.29) is 40.9 Å². The number of hydrogen-bond acceptors (Lipinski definition) is 6. The maximum Gasteiger partial charge on any atom is 0.240 e. The number of rotatable bonds is 6. The van der Waals surface area contributed by atoms with Crippen molar-refractivity contribution in [1.82, 2.24) is 9.44 Å². The number of carbonyl (C=O) groups is 2. The van der Waals surface area contributed by atoms with Crippen molar-refractivity contribution in [3.63, 3.8) is 0 Å². The fourth-order valence-corrected chi connectivity index (χ4v) is 5.70. The number of benzene rings is 2. The van der Waals surface area contributed by atoms with Crippen molar-refractivity contribution in [3.05, 3.63) is 47.5 Å². The first-order valence-corrected chi connectivity index (χ1v) is 14.7. The maximum absolute atomic E-state index is 11.7. The van der Waals surface area contributed by atoms with Gasteiger partial charge in [0.2, 0.25) is 31.9 Å². The van der Waals surface area contributed by atoms with Crippen molar-refractivity contribution >= 4 is 43.2 Å².